The molecule has 0 aliphatic carbocycles. The number of ether oxygens (including phenoxy) is 5. The van der Waals surface area contributed by atoms with Gasteiger partial charge < -0.3 is 23.7 Å². The zero-order chi connectivity index (χ0) is 24.0. The Morgan fingerprint density at radius 2 is 1.09 bits per heavy atom. The summed E-state index contributed by atoms with van der Waals surface area (Å²) >= 11 is 0. The Kier molecular flexibility index (Phi) is 7.78. The van der Waals surface area contributed by atoms with Gasteiger partial charge in [-0.05, 0) is 31.2 Å². The largest absolute Gasteiger partial charge is 0.456 e. The molecule has 33 heavy (non-hydrogen) atoms. The summed E-state index contributed by atoms with van der Waals surface area (Å²) in [6, 6.07) is 16.2. The lowest BCUT2D eigenvalue weighted by Gasteiger charge is -2.43. The molecule has 1 aliphatic heterocycles. The number of benzene rings is 2. The van der Waals surface area contributed by atoms with Crippen molar-refractivity contribution in [1.82, 2.24) is 0 Å². The molecule has 0 saturated carbocycles. The van der Waals surface area contributed by atoms with Crippen molar-refractivity contribution in [3.8, 4) is 0 Å². The third-order valence-corrected chi connectivity index (χ3v) is 4.82. The molecular weight excluding hydrogens is 432 g/mol. The Bertz CT molecular complexity index is 990. The first-order valence-corrected chi connectivity index (χ1v) is 10.3. The molecule has 174 valence electrons. The average Bonchev–Trinajstić information content (AvgIpc) is 2.79. The van der Waals surface area contributed by atoms with Gasteiger partial charge in [0.1, 0.15) is 0 Å². The molecule has 1 aliphatic rings. The number of hydrogen-bond acceptors (Lipinski definition) is 9. The SMILES string of the molecule is CC(=O)O[C@@H]1O[C@@H](C)[C@H](OC(C)=O)[C@@H](OC(=O)c2ccccc2)[C@H]1OC(=O)c1ccccc1. The van der Waals surface area contributed by atoms with E-state index < -0.39 is 54.6 Å². The van der Waals surface area contributed by atoms with Gasteiger partial charge in [-0.2, -0.15) is 0 Å². The van der Waals surface area contributed by atoms with Crippen LogP contribution in [0.1, 0.15) is 41.5 Å². The predicted molar refractivity (Wildman–Crippen MR) is 113 cm³/mol. The highest BCUT2D eigenvalue weighted by molar-refractivity contribution is 5.90. The maximum Gasteiger partial charge on any atom is 0.338 e. The minimum absolute atomic E-state index is 0.217. The Morgan fingerprint density at radius 1 is 0.636 bits per heavy atom. The normalized spacial score (nSPS) is 24.3. The summed E-state index contributed by atoms with van der Waals surface area (Å²) in [6.07, 6.45) is -6.10. The van der Waals surface area contributed by atoms with E-state index >= 15 is 0 Å². The van der Waals surface area contributed by atoms with Crippen LogP contribution >= 0.6 is 0 Å². The summed E-state index contributed by atoms with van der Waals surface area (Å²) in [5.41, 5.74) is 0.449. The number of rotatable bonds is 6. The lowest BCUT2D eigenvalue weighted by molar-refractivity contribution is -0.285. The molecule has 0 N–H and O–H groups in total. The van der Waals surface area contributed by atoms with Crippen LogP contribution in [0.2, 0.25) is 0 Å². The second kappa shape index (κ2) is 10.7. The first-order chi connectivity index (χ1) is 15.8. The van der Waals surface area contributed by atoms with Crippen molar-refractivity contribution < 1.29 is 42.9 Å². The van der Waals surface area contributed by atoms with E-state index in [1.165, 1.54) is 19.1 Å². The number of esters is 4. The highest BCUT2D eigenvalue weighted by Crippen LogP contribution is 2.30. The summed E-state index contributed by atoms with van der Waals surface area (Å²) in [5.74, 6) is -2.87. The molecule has 1 saturated heterocycles. The minimum Gasteiger partial charge on any atom is -0.456 e. The molecule has 0 bridgehead atoms. The number of carbonyl (C=O) groups is 4. The van der Waals surface area contributed by atoms with Gasteiger partial charge in [0, 0.05) is 13.8 Å². The predicted octanol–water partition coefficient (Wildman–Crippen LogP) is 2.68. The second-order valence-corrected chi connectivity index (χ2v) is 7.36. The molecule has 1 heterocycles. The molecule has 0 unspecified atom stereocenters. The van der Waals surface area contributed by atoms with Crippen LogP contribution in [0.15, 0.2) is 60.7 Å². The number of carbonyl (C=O) groups excluding carboxylic acids is 4. The summed E-state index contributed by atoms with van der Waals surface area (Å²) < 4.78 is 27.5. The molecule has 3 rings (SSSR count). The molecule has 0 spiro atoms. The molecular formula is C24H24O9. The highest BCUT2D eigenvalue weighted by atomic mass is 16.7. The van der Waals surface area contributed by atoms with Gasteiger partial charge in [0.2, 0.25) is 12.4 Å². The maximum atomic E-state index is 12.8. The van der Waals surface area contributed by atoms with Gasteiger partial charge >= 0.3 is 23.9 Å². The van der Waals surface area contributed by atoms with Crippen LogP contribution in [0.5, 0.6) is 0 Å². The third kappa shape index (κ3) is 6.17. The lowest BCUT2D eigenvalue weighted by atomic mass is 9.98. The van der Waals surface area contributed by atoms with Gasteiger partial charge in [-0.15, -0.1) is 0 Å². The van der Waals surface area contributed by atoms with Crippen LogP contribution in [0.4, 0.5) is 0 Å². The first kappa shape index (κ1) is 23.9. The summed E-state index contributed by atoms with van der Waals surface area (Å²) in [5, 5.41) is 0. The van der Waals surface area contributed by atoms with Crippen molar-refractivity contribution in [3.05, 3.63) is 71.8 Å². The van der Waals surface area contributed by atoms with Gasteiger partial charge in [0.25, 0.3) is 0 Å². The molecule has 0 amide bonds. The van der Waals surface area contributed by atoms with Crippen molar-refractivity contribution >= 4 is 23.9 Å². The average molecular weight is 456 g/mol. The summed E-state index contributed by atoms with van der Waals surface area (Å²) in [6.45, 7) is 3.90. The Labute approximate surface area is 190 Å². The molecule has 2 aromatic rings. The van der Waals surface area contributed by atoms with E-state index in [1.54, 1.807) is 55.5 Å². The monoisotopic (exact) mass is 456 g/mol. The van der Waals surface area contributed by atoms with Crippen LogP contribution in [0.25, 0.3) is 0 Å². The summed E-state index contributed by atoms with van der Waals surface area (Å²) in [7, 11) is 0. The van der Waals surface area contributed by atoms with Gasteiger partial charge in [-0.25, -0.2) is 9.59 Å². The fourth-order valence-electron chi connectivity index (χ4n) is 3.38. The molecule has 9 nitrogen and oxygen atoms in total. The fourth-order valence-corrected chi connectivity index (χ4v) is 3.38. The molecule has 5 atom stereocenters. The van der Waals surface area contributed by atoms with E-state index in [-0.39, 0.29) is 11.1 Å². The van der Waals surface area contributed by atoms with Crippen molar-refractivity contribution in [1.29, 1.82) is 0 Å². The van der Waals surface area contributed by atoms with E-state index in [4.69, 9.17) is 23.7 Å². The molecule has 9 heteroatoms. The standard InChI is InChI=1S/C24H24O9/c1-14-19(30-15(2)25)20(32-22(27)17-10-6-4-7-11-17)21(24(29-14)31-16(3)26)33-23(28)18-12-8-5-9-13-18/h4-14,19-21,24H,1-3H3/t14-,19-,20+,21+,24-/m0/s1. The quantitative estimate of drug-likeness (QED) is 0.478. The Morgan fingerprint density at radius 3 is 1.55 bits per heavy atom. The van der Waals surface area contributed by atoms with E-state index in [9.17, 15) is 19.2 Å². The van der Waals surface area contributed by atoms with Crippen LogP contribution in [0, 0.1) is 0 Å². The van der Waals surface area contributed by atoms with Gasteiger partial charge in [-0.3, -0.25) is 9.59 Å². The molecule has 0 radical (unpaired) electrons. The molecule has 0 aromatic heterocycles. The van der Waals surface area contributed by atoms with Crippen molar-refractivity contribution in [2.45, 2.75) is 51.5 Å². The van der Waals surface area contributed by atoms with Crippen LogP contribution in [-0.2, 0) is 33.3 Å². The van der Waals surface area contributed by atoms with Crippen molar-refractivity contribution in [3.63, 3.8) is 0 Å². The summed E-state index contributed by atoms with van der Waals surface area (Å²) in [4.78, 5) is 49.1. The lowest BCUT2D eigenvalue weighted by Crippen LogP contribution is -2.61. The third-order valence-electron chi connectivity index (χ3n) is 4.82. The number of hydrogen-bond donors (Lipinski definition) is 0. The smallest absolute Gasteiger partial charge is 0.338 e. The highest BCUT2D eigenvalue weighted by Gasteiger charge is 2.52. The van der Waals surface area contributed by atoms with E-state index in [2.05, 4.69) is 0 Å². The fraction of sp³-hybridized carbons (Fsp3) is 0.333. The maximum absolute atomic E-state index is 12.8. The van der Waals surface area contributed by atoms with Crippen LogP contribution < -0.4 is 0 Å². The Hall–Kier alpha value is -3.72. The van der Waals surface area contributed by atoms with Crippen LogP contribution in [-0.4, -0.2) is 54.6 Å². The van der Waals surface area contributed by atoms with Gasteiger partial charge in [0.05, 0.1) is 17.2 Å². The molecule has 1 fully saturated rings. The molecule has 2 aromatic carbocycles. The van der Waals surface area contributed by atoms with E-state index in [0.29, 0.717) is 0 Å². The van der Waals surface area contributed by atoms with Gasteiger partial charge in [0.15, 0.2) is 12.2 Å². The topological polar surface area (TPSA) is 114 Å². The zero-order valence-electron chi connectivity index (χ0n) is 18.3. The van der Waals surface area contributed by atoms with Gasteiger partial charge in [-0.1, -0.05) is 36.4 Å². The minimum atomic E-state index is -1.41. The van der Waals surface area contributed by atoms with E-state index in [1.807, 2.05) is 0 Å². The first-order valence-electron chi connectivity index (χ1n) is 10.3. The zero-order valence-corrected chi connectivity index (χ0v) is 18.3. The Balaban J connectivity index is 1.96. The van der Waals surface area contributed by atoms with Crippen LogP contribution in [0.3, 0.4) is 0 Å². The van der Waals surface area contributed by atoms with Crippen molar-refractivity contribution in [2.75, 3.05) is 0 Å². The van der Waals surface area contributed by atoms with Crippen molar-refractivity contribution in [2.24, 2.45) is 0 Å². The van der Waals surface area contributed by atoms with E-state index in [0.717, 1.165) is 6.92 Å². The second-order valence-electron chi connectivity index (χ2n) is 7.36.